The lowest BCUT2D eigenvalue weighted by Gasteiger charge is -2.05. The Labute approximate surface area is 124 Å². The molecule has 0 aliphatic rings. The summed E-state index contributed by atoms with van der Waals surface area (Å²) >= 11 is 1.28. The van der Waals surface area contributed by atoms with Crippen molar-refractivity contribution < 1.29 is 4.79 Å². The summed E-state index contributed by atoms with van der Waals surface area (Å²) in [5.74, 6) is -0.323. The molecule has 1 amide bonds. The first-order chi connectivity index (χ1) is 10.2. The first-order valence-corrected chi connectivity index (χ1v) is 6.95. The van der Waals surface area contributed by atoms with Gasteiger partial charge in [0.25, 0.3) is 5.91 Å². The van der Waals surface area contributed by atoms with Crippen LogP contribution in [0.1, 0.15) is 15.2 Å². The lowest BCUT2D eigenvalue weighted by atomic mass is 10.2. The number of hydrogen-bond acceptors (Lipinski definition) is 5. The van der Waals surface area contributed by atoms with Crippen LogP contribution < -0.4 is 11.1 Å². The number of carbonyl (C=O) groups excluding carboxylic acids is 1. The zero-order chi connectivity index (χ0) is 14.8. The van der Waals surface area contributed by atoms with Gasteiger partial charge in [-0.15, -0.1) is 11.3 Å². The maximum absolute atomic E-state index is 12.4. The van der Waals surface area contributed by atoms with Gasteiger partial charge >= 0.3 is 0 Å². The molecule has 3 rings (SSSR count). The van der Waals surface area contributed by atoms with Crippen LogP contribution in [0, 0.1) is 11.3 Å². The zero-order valence-electron chi connectivity index (χ0n) is 10.8. The van der Waals surface area contributed by atoms with E-state index in [0.717, 1.165) is 10.1 Å². The number of thiophene rings is 1. The maximum Gasteiger partial charge on any atom is 0.267 e. The van der Waals surface area contributed by atoms with Gasteiger partial charge in [-0.05, 0) is 18.2 Å². The number of nitriles is 1. The van der Waals surface area contributed by atoms with Crippen molar-refractivity contribution in [1.82, 2.24) is 4.98 Å². The quantitative estimate of drug-likeness (QED) is 0.760. The van der Waals surface area contributed by atoms with E-state index in [0.29, 0.717) is 21.8 Å². The predicted molar refractivity (Wildman–Crippen MR) is 83.1 cm³/mol. The highest BCUT2D eigenvalue weighted by Gasteiger charge is 2.17. The SMILES string of the molecule is N#Cc1ccccc1NC(=O)c1sc2cnccc2c1N. The molecular weight excluding hydrogens is 284 g/mol. The summed E-state index contributed by atoms with van der Waals surface area (Å²) in [5, 5.41) is 12.6. The van der Waals surface area contributed by atoms with Gasteiger partial charge in [0.2, 0.25) is 0 Å². The minimum Gasteiger partial charge on any atom is -0.397 e. The summed E-state index contributed by atoms with van der Waals surface area (Å²) < 4.78 is 0.855. The van der Waals surface area contributed by atoms with Gasteiger partial charge in [0.1, 0.15) is 10.9 Å². The molecule has 0 fully saturated rings. The molecule has 1 aromatic carbocycles. The fourth-order valence-electron chi connectivity index (χ4n) is 2.01. The third-order valence-electron chi connectivity index (χ3n) is 3.03. The fourth-order valence-corrected chi connectivity index (χ4v) is 2.99. The van der Waals surface area contributed by atoms with Crippen molar-refractivity contribution >= 4 is 38.7 Å². The Morgan fingerprint density at radius 2 is 2.14 bits per heavy atom. The van der Waals surface area contributed by atoms with E-state index in [1.54, 1.807) is 42.7 Å². The summed E-state index contributed by atoms with van der Waals surface area (Å²) in [4.78, 5) is 16.8. The van der Waals surface area contributed by atoms with Gasteiger partial charge in [0.15, 0.2) is 0 Å². The summed E-state index contributed by atoms with van der Waals surface area (Å²) in [5.41, 5.74) is 7.34. The number of nitrogens with one attached hydrogen (secondary N) is 1. The van der Waals surface area contributed by atoms with Crippen molar-refractivity contribution in [3.8, 4) is 6.07 Å². The smallest absolute Gasteiger partial charge is 0.267 e. The van der Waals surface area contributed by atoms with E-state index < -0.39 is 0 Å². The number of rotatable bonds is 2. The summed E-state index contributed by atoms with van der Waals surface area (Å²) in [7, 11) is 0. The molecule has 0 radical (unpaired) electrons. The largest absolute Gasteiger partial charge is 0.397 e. The van der Waals surface area contributed by atoms with Crippen LogP contribution in [0.4, 0.5) is 11.4 Å². The van der Waals surface area contributed by atoms with Crippen molar-refractivity contribution in [3.63, 3.8) is 0 Å². The maximum atomic E-state index is 12.4. The van der Waals surface area contributed by atoms with Crippen molar-refractivity contribution in [2.45, 2.75) is 0 Å². The van der Waals surface area contributed by atoms with Crippen LogP contribution in [0.5, 0.6) is 0 Å². The van der Waals surface area contributed by atoms with E-state index in [2.05, 4.69) is 10.3 Å². The second-order valence-electron chi connectivity index (χ2n) is 4.33. The number of nitrogens with zero attached hydrogens (tertiary/aromatic N) is 2. The van der Waals surface area contributed by atoms with Gasteiger partial charge in [0.05, 0.1) is 21.6 Å². The molecule has 0 unspecified atom stereocenters. The average Bonchev–Trinajstić information content (AvgIpc) is 2.85. The molecule has 0 spiro atoms. The number of benzene rings is 1. The van der Waals surface area contributed by atoms with Crippen molar-refractivity contribution in [2.75, 3.05) is 11.1 Å². The first kappa shape index (κ1) is 13.1. The fraction of sp³-hybridized carbons (Fsp3) is 0. The highest BCUT2D eigenvalue weighted by atomic mass is 32.1. The molecule has 0 saturated carbocycles. The summed E-state index contributed by atoms with van der Waals surface area (Å²) in [6.45, 7) is 0. The Morgan fingerprint density at radius 3 is 2.90 bits per heavy atom. The van der Waals surface area contributed by atoms with Crippen LogP contribution in [-0.4, -0.2) is 10.9 Å². The number of fused-ring (bicyclic) bond motifs is 1. The molecule has 3 aromatic rings. The summed E-state index contributed by atoms with van der Waals surface area (Å²) in [6.07, 6.45) is 3.31. The van der Waals surface area contributed by atoms with Crippen molar-refractivity contribution in [3.05, 3.63) is 53.2 Å². The lowest BCUT2D eigenvalue weighted by molar-refractivity contribution is 0.103. The summed E-state index contributed by atoms with van der Waals surface area (Å²) in [6, 6.07) is 10.7. The lowest BCUT2D eigenvalue weighted by Crippen LogP contribution is -2.12. The van der Waals surface area contributed by atoms with Gasteiger partial charge in [-0.2, -0.15) is 5.26 Å². The first-order valence-electron chi connectivity index (χ1n) is 6.13. The van der Waals surface area contributed by atoms with Crippen LogP contribution >= 0.6 is 11.3 Å². The monoisotopic (exact) mass is 294 g/mol. The standard InChI is InChI=1S/C15H10N4OS/c16-7-9-3-1-2-4-11(9)19-15(20)14-13(17)10-5-6-18-8-12(10)21-14/h1-6,8H,17H2,(H,19,20). The van der Waals surface area contributed by atoms with Crippen LogP contribution in [0.3, 0.4) is 0 Å². The van der Waals surface area contributed by atoms with E-state index in [9.17, 15) is 4.79 Å². The van der Waals surface area contributed by atoms with Crippen LogP contribution in [-0.2, 0) is 0 Å². The van der Waals surface area contributed by atoms with Crippen molar-refractivity contribution in [2.24, 2.45) is 0 Å². The van der Waals surface area contributed by atoms with Gasteiger partial charge in [-0.1, -0.05) is 12.1 Å². The molecule has 2 aromatic heterocycles. The third-order valence-corrected chi connectivity index (χ3v) is 4.19. The number of anilines is 2. The number of pyridine rings is 1. The molecule has 5 nitrogen and oxygen atoms in total. The molecule has 0 saturated heterocycles. The molecule has 0 aliphatic carbocycles. The molecule has 21 heavy (non-hydrogen) atoms. The number of para-hydroxylation sites is 1. The predicted octanol–water partition coefficient (Wildman–Crippen LogP) is 3.00. The highest BCUT2D eigenvalue weighted by Crippen LogP contribution is 2.33. The van der Waals surface area contributed by atoms with Gasteiger partial charge in [0, 0.05) is 17.8 Å². The molecule has 0 aliphatic heterocycles. The second-order valence-corrected chi connectivity index (χ2v) is 5.38. The van der Waals surface area contributed by atoms with E-state index >= 15 is 0 Å². The number of aromatic nitrogens is 1. The second kappa shape index (κ2) is 5.23. The Bertz CT molecular complexity index is 879. The Hall–Kier alpha value is -2.91. The molecule has 0 atom stereocenters. The van der Waals surface area contributed by atoms with Gasteiger partial charge in [-0.3, -0.25) is 9.78 Å². The number of carbonyl (C=O) groups is 1. The van der Waals surface area contributed by atoms with Crippen molar-refractivity contribution in [1.29, 1.82) is 5.26 Å². The molecule has 102 valence electrons. The van der Waals surface area contributed by atoms with Crippen LogP contribution in [0.25, 0.3) is 10.1 Å². The average molecular weight is 294 g/mol. The molecule has 0 bridgehead atoms. The number of amides is 1. The molecular formula is C15H10N4OS. The van der Waals surface area contributed by atoms with Gasteiger partial charge in [-0.25, -0.2) is 0 Å². The van der Waals surface area contributed by atoms with E-state index in [4.69, 9.17) is 11.0 Å². The molecule has 2 heterocycles. The Balaban J connectivity index is 1.98. The Morgan fingerprint density at radius 1 is 1.33 bits per heavy atom. The Kier molecular flexibility index (Phi) is 3.26. The number of nitrogens with two attached hydrogens (primary N) is 1. The highest BCUT2D eigenvalue weighted by molar-refractivity contribution is 7.21. The van der Waals surface area contributed by atoms with E-state index in [1.165, 1.54) is 11.3 Å². The third kappa shape index (κ3) is 2.30. The topological polar surface area (TPSA) is 91.8 Å². The zero-order valence-corrected chi connectivity index (χ0v) is 11.6. The van der Waals surface area contributed by atoms with Crippen LogP contribution in [0.2, 0.25) is 0 Å². The normalized spacial score (nSPS) is 10.2. The van der Waals surface area contributed by atoms with Gasteiger partial charge < -0.3 is 11.1 Å². The van der Waals surface area contributed by atoms with Crippen LogP contribution in [0.15, 0.2) is 42.7 Å². The molecule has 3 N–H and O–H groups in total. The minimum atomic E-state index is -0.323. The minimum absolute atomic E-state index is 0.323. The molecule has 6 heteroatoms. The van der Waals surface area contributed by atoms with E-state index in [-0.39, 0.29) is 5.91 Å². The number of hydrogen-bond donors (Lipinski definition) is 2. The number of nitrogen functional groups attached to an aromatic ring is 1. The van der Waals surface area contributed by atoms with E-state index in [1.807, 2.05) is 6.07 Å².